The van der Waals surface area contributed by atoms with Crippen molar-refractivity contribution in [2.45, 2.75) is 16.4 Å². The molecule has 1 fully saturated rings. The molecule has 7 heteroatoms. The lowest BCUT2D eigenvalue weighted by Gasteiger charge is -2.35. The molecule has 0 radical (unpaired) electrons. The number of ether oxygens (including phenoxy) is 2. The molecule has 130 valence electrons. The molecule has 0 aromatic heterocycles. The highest BCUT2D eigenvalue weighted by Gasteiger charge is 2.38. The summed E-state index contributed by atoms with van der Waals surface area (Å²) in [6, 6.07) is 15.7. The van der Waals surface area contributed by atoms with Crippen LogP contribution in [0.15, 0.2) is 53.4 Å². The number of nitrogens with one attached hydrogen (secondary N) is 1. The summed E-state index contributed by atoms with van der Waals surface area (Å²) in [4.78, 5) is 14.4. The molecule has 2 aliphatic rings. The summed E-state index contributed by atoms with van der Waals surface area (Å²) in [5.41, 5.74) is 7.25. The third kappa shape index (κ3) is 3.30. The second kappa shape index (κ2) is 6.95. The Bertz CT molecular complexity index is 762. The summed E-state index contributed by atoms with van der Waals surface area (Å²) in [6.07, 6.45) is -0.720. The Morgan fingerprint density at radius 2 is 2.04 bits per heavy atom. The molecule has 4 rings (SSSR count). The van der Waals surface area contributed by atoms with Crippen molar-refractivity contribution in [3.63, 3.8) is 0 Å². The van der Waals surface area contributed by atoms with Crippen LogP contribution in [-0.4, -0.2) is 37.3 Å². The van der Waals surface area contributed by atoms with Gasteiger partial charge in [0.1, 0.15) is 17.2 Å². The van der Waals surface area contributed by atoms with Gasteiger partial charge < -0.3 is 25.4 Å². The lowest BCUT2D eigenvalue weighted by atomic mass is 10.2. The van der Waals surface area contributed by atoms with Gasteiger partial charge in [0.2, 0.25) is 0 Å². The van der Waals surface area contributed by atoms with Crippen molar-refractivity contribution in [2.75, 3.05) is 24.6 Å². The Balaban J connectivity index is 1.66. The van der Waals surface area contributed by atoms with Gasteiger partial charge in [-0.25, -0.2) is 4.79 Å². The zero-order valence-corrected chi connectivity index (χ0v) is 14.4. The second-order valence-electron chi connectivity index (χ2n) is 5.87. The van der Waals surface area contributed by atoms with E-state index < -0.39 is 6.09 Å². The van der Waals surface area contributed by atoms with Gasteiger partial charge in [-0.1, -0.05) is 23.9 Å². The SMILES string of the molecule is NC(=O)Oc1ccc(N2c3ccccc3SC2C2CNCCO2)cc1. The monoisotopic (exact) mass is 357 g/mol. The average Bonchev–Trinajstić information content (AvgIpc) is 3.02. The third-order valence-corrected chi connectivity index (χ3v) is 5.59. The quantitative estimate of drug-likeness (QED) is 0.880. The molecule has 1 saturated heterocycles. The number of thioether (sulfide) groups is 1. The van der Waals surface area contributed by atoms with Gasteiger partial charge in [-0.15, -0.1) is 0 Å². The Morgan fingerprint density at radius 3 is 2.76 bits per heavy atom. The van der Waals surface area contributed by atoms with Gasteiger partial charge >= 0.3 is 6.09 Å². The fourth-order valence-corrected chi connectivity index (χ4v) is 4.54. The van der Waals surface area contributed by atoms with Gasteiger partial charge in [-0.2, -0.15) is 0 Å². The Morgan fingerprint density at radius 1 is 1.24 bits per heavy atom. The number of nitrogens with two attached hydrogens (primary N) is 1. The number of hydrogen-bond acceptors (Lipinski definition) is 6. The highest BCUT2D eigenvalue weighted by Crippen LogP contribution is 2.49. The molecule has 2 heterocycles. The molecule has 2 aliphatic heterocycles. The Hall–Kier alpha value is -2.22. The molecule has 25 heavy (non-hydrogen) atoms. The number of nitrogens with zero attached hydrogens (tertiary/aromatic N) is 1. The van der Waals surface area contributed by atoms with Gasteiger partial charge in [0, 0.05) is 23.7 Å². The summed E-state index contributed by atoms with van der Waals surface area (Å²) in [5.74, 6) is 0.434. The first kappa shape index (κ1) is 16.3. The number of benzene rings is 2. The first-order valence-corrected chi connectivity index (χ1v) is 9.05. The van der Waals surface area contributed by atoms with Crippen molar-refractivity contribution in [3.05, 3.63) is 48.5 Å². The zero-order chi connectivity index (χ0) is 17.2. The molecule has 2 unspecified atom stereocenters. The van der Waals surface area contributed by atoms with E-state index in [-0.39, 0.29) is 11.5 Å². The average molecular weight is 357 g/mol. The van der Waals surface area contributed by atoms with Crippen LogP contribution in [0.5, 0.6) is 5.75 Å². The maximum atomic E-state index is 10.9. The fraction of sp³-hybridized carbons (Fsp3) is 0.278. The van der Waals surface area contributed by atoms with Gasteiger partial charge in [-0.3, -0.25) is 0 Å². The lowest BCUT2D eigenvalue weighted by Crippen LogP contribution is -2.48. The van der Waals surface area contributed by atoms with Crippen LogP contribution in [0.1, 0.15) is 0 Å². The van der Waals surface area contributed by atoms with E-state index in [0.717, 1.165) is 31.1 Å². The highest BCUT2D eigenvalue weighted by molar-refractivity contribution is 8.00. The van der Waals surface area contributed by atoms with Crippen molar-refractivity contribution >= 4 is 29.2 Å². The molecular formula is C18H19N3O3S. The molecule has 2 aromatic carbocycles. The molecular weight excluding hydrogens is 338 g/mol. The summed E-state index contributed by atoms with van der Waals surface area (Å²) in [7, 11) is 0. The number of carbonyl (C=O) groups is 1. The van der Waals surface area contributed by atoms with Gasteiger partial charge in [-0.05, 0) is 36.4 Å². The molecule has 2 aromatic rings. The van der Waals surface area contributed by atoms with Crippen molar-refractivity contribution < 1.29 is 14.3 Å². The van der Waals surface area contributed by atoms with Gasteiger partial charge in [0.25, 0.3) is 0 Å². The molecule has 0 saturated carbocycles. The number of morpholine rings is 1. The number of hydrogen-bond donors (Lipinski definition) is 2. The van der Waals surface area contributed by atoms with Crippen molar-refractivity contribution in [2.24, 2.45) is 5.73 Å². The number of carbonyl (C=O) groups excluding carboxylic acids is 1. The summed E-state index contributed by atoms with van der Waals surface area (Å²) in [6.45, 7) is 2.43. The number of primary amides is 1. The third-order valence-electron chi connectivity index (χ3n) is 4.23. The molecule has 0 aliphatic carbocycles. The minimum absolute atomic E-state index is 0.0905. The summed E-state index contributed by atoms with van der Waals surface area (Å²) in [5, 5.41) is 3.55. The molecule has 1 amide bonds. The predicted molar refractivity (Wildman–Crippen MR) is 97.5 cm³/mol. The fourth-order valence-electron chi connectivity index (χ4n) is 3.16. The topological polar surface area (TPSA) is 76.8 Å². The van der Waals surface area contributed by atoms with E-state index in [2.05, 4.69) is 28.4 Å². The largest absolute Gasteiger partial charge is 0.411 e. The van der Waals surface area contributed by atoms with E-state index in [9.17, 15) is 4.79 Å². The second-order valence-corrected chi connectivity index (χ2v) is 7.03. The van der Waals surface area contributed by atoms with E-state index >= 15 is 0 Å². The Kier molecular flexibility index (Phi) is 4.52. The van der Waals surface area contributed by atoms with Gasteiger partial charge in [0.05, 0.1) is 12.3 Å². The van der Waals surface area contributed by atoms with E-state index in [0.29, 0.717) is 5.75 Å². The van der Waals surface area contributed by atoms with Crippen LogP contribution in [0.25, 0.3) is 0 Å². The first-order chi connectivity index (χ1) is 12.2. The van der Waals surface area contributed by atoms with Crippen LogP contribution in [0, 0.1) is 0 Å². The normalized spacial score (nSPS) is 22.5. The van der Waals surface area contributed by atoms with E-state index in [4.69, 9.17) is 15.2 Å². The maximum absolute atomic E-state index is 10.9. The number of para-hydroxylation sites is 1. The number of anilines is 2. The number of fused-ring (bicyclic) bond motifs is 1. The van der Waals surface area contributed by atoms with Gasteiger partial charge in [0.15, 0.2) is 0 Å². The van der Waals surface area contributed by atoms with Crippen LogP contribution in [0.3, 0.4) is 0 Å². The minimum atomic E-state index is -0.811. The molecule has 2 atom stereocenters. The van der Waals surface area contributed by atoms with Crippen LogP contribution in [-0.2, 0) is 4.74 Å². The van der Waals surface area contributed by atoms with Crippen LogP contribution < -0.4 is 20.7 Å². The maximum Gasteiger partial charge on any atom is 0.409 e. The van der Waals surface area contributed by atoms with Crippen molar-refractivity contribution in [1.29, 1.82) is 0 Å². The van der Waals surface area contributed by atoms with Crippen molar-refractivity contribution in [1.82, 2.24) is 5.32 Å². The number of amides is 1. The van der Waals surface area contributed by atoms with E-state index in [1.165, 1.54) is 4.90 Å². The summed E-state index contributed by atoms with van der Waals surface area (Å²) >= 11 is 1.82. The van der Waals surface area contributed by atoms with Crippen LogP contribution in [0.4, 0.5) is 16.2 Å². The lowest BCUT2D eigenvalue weighted by molar-refractivity contribution is 0.0290. The van der Waals surface area contributed by atoms with Crippen molar-refractivity contribution in [3.8, 4) is 5.75 Å². The molecule has 0 bridgehead atoms. The Labute approximate surface area is 150 Å². The minimum Gasteiger partial charge on any atom is -0.411 e. The molecule has 3 N–H and O–H groups in total. The first-order valence-electron chi connectivity index (χ1n) is 8.17. The molecule has 0 spiro atoms. The predicted octanol–water partition coefficient (Wildman–Crippen LogP) is 2.70. The van der Waals surface area contributed by atoms with Crippen LogP contribution in [0.2, 0.25) is 0 Å². The summed E-state index contributed by atoms with van der Waals surface area (Å²) < 4.78 is 10.9. The zero-order valence-electron chi connectivity index (χ0n) is 13.6. The van der Waals surface area contributed by atoms with E-state index in [1.54, 1.807) is 12.1 Å². The number of rotatable bonds is 3. The standard InChI is InChI=1S/C18H19N3O3S/c19-18(22)24-13-7-5-12(6-8-13)21-14-3-1-2-4-16(14)25-17(21)15-11-20-9-10-23-15/h1-8,15,17,20H,9-11H2,(H2,19,22). The highest BCUT2D eigenvalue weighted by atomic mass is 32.2. The van der Waals surface area contributed by atoms with Crippen LogP contribution >= 0.6 is 11.8 Å². The molecule has 6 nitrogen and oxygen atoms in total. The van der Waals surface area contributed by atoms with E-state index in [1.807, 2.05) is 30.0 Å². The smallest absolute Gasteiger partial charge is 0.409 e.